The average Bonchev–Trinajstić information content (AvgIpc) is 4.06. The van der Waals surface area contributed by atoms with E-state index in [4.69, 9.17) is 0 Å². The largest absolute Gasteiger partial charge is 0.306 e. The van der Waals surface area contributed by atoms with Gasteiger partial charge >= 0.3 is 0 Å². The topological polar surface area (TPSA) is 8.82 Å². The number of benzene rings is 9. The Kier molecular flexibility index (Phi) is 6.25. The summed E-state index contributed by atoms with van der Waals surface area (Å²) < 4.78 is 15.8. The van der Waals surface area contributed by atoms with Crippen LogP contribution in [0.1, 0.15) is 0 Å². The average molecular weight is 833 g/mol. The molecule has 0 radical (unpaired) electrons. The van der Waals surface area contributed by atoms with E-state index in [1.807, 2.05) is 45.3 Å². The van der Waals surface area contributed by atoms with Crippen LogP contribution in [-0.2, 0) is 0 Å². The molecule has 0 unspecified atom stereocenters. The van der Waals surface area contributed by atoms with Crippen LogP contribution in [0.3, 0.4) is 0 Å². The van der Waals surface area contributed by atoms with Crippen molar-refractivity contribution in [2.45, 2.75) is 0 Å². The van der Waals surface area contributed by atoms with Gasteiger partial charge in [-0.05, 0) is 82.9 Å². The van der Waals surface area contributed by atoms with Gasteiger partial charge in [0.05, 0.1) is 51.9 Å². The standard InChI is InChI=1S/C54H28N2S4/c1-5-19-43-33(11-1)35-15-9-13-31(51(35)57-43)29-23-25-39-37(27-29)47-49-54(60-45-21-7-3-17-41(45)55(39)49)48-38-28-30(32-14-10-16-36-34-12-2-6-20-44(34)58-52(32)36)24-26-40(38)56-42-18-4-8-22-46(42)59-53(47)50(48)56/h1-28H. The fourth-order valence-electron chi connectivity index (χ4n) is 10.4. The van der Waals surface area contributed by atoms with E-state index in [0.717, 1.165) is 0 Å². The molecular formula is C54H28N2S4. The SMILES string of the molecule is c1ccc2c(c1)sc1c(-c3ccc4c(c3)c3c5sc6ccccc6n6c7ccc(-c8cccc9c8sc8ccccc89)cc7c(c7sc8ccccc8n4c73)c56)cccc12. The van der Waals surface area contributed by atoms with E-state index in [1.165, 1.54) is 136 Å². The number of aromatic nitrogens is 2. The van der Waals surface area contributed by atoms with Crippen molar-refractivity contribution in [3.63, 3.8) is 0 Å². The molecule has 9 aromatic carbocycles. The Hall–Kier alpha value is -6.54. The van der Waals surface area contributed by atoms with E-state index < -0.39 is 0 Å². The molecule has 0 aliphatic rings. The van der Waals surface area contributed by atoms with Crippen LogP contribution in [0, 0.1) is 0 Å². The molecule has 0 aliphatic carbocycles. The van der Waals surface area contributed by atoms with Crippen LogP contribution < -0.4 is 0 Å². The van der Waals surface area contributed by atoms with Crippen molar-refractivity contribution in [1.29, 1.82) is 0 Å². The van der Waals surface area contributed by atoms with Gasteiger partial charge in [0.1, 0.15) is 0 Å². The maximum absolute atomic E-state index is 2.58. The first-order chi connectivity index (χ1) is 29.8. The van der Waals surface area contributed by atoms with Gasteiger partial charge in [0.2, 0.25) is 0 Å². The van der Waals surface area contributed by atoms with Gasteiger partial charge in [0, 0.05) is 61.9 Å². The molecule has 6 heteroatoms. The number of para-hydroxylation sites is 2. The number of rotatable bonds is 2. The van der Waals surface area contributed by atoms with Gasteiger partial charge in [0.15, 0.2) is 0 Å². The minimum absolute atomic E-state index is 1.25. The fraction of sp³-hybridized carbons (Fsp3) is 0. The summed E-state index contributed by atoms with van der Waals surface area (Å²) >= 11 is 7.70. The molecule has 6 heterocycles. The predicted molar refractivity (Wildman–Crippen MR) is 266 cm³/mol. The lowest BCUT2D eigenvalue weighted by atomic mass is 9.99. The molecule has 278 valence electrons. The molecule has 0 aliphatic heterocycles. The van der Waals surface area contributed by atoms with Crippen LogP contribution in [-0.4, -0.2) is 8.80 Å². The van der Waals surface area contributed by atoms with Crippen molar-refractivity contribution in [2.24, 2.45) is 0 Å². The molecule has 0 fully saturated rings. The third kappa shape index (κ3) is 4.07. The van der Waals surface area contributed by atoms with Crippen molar-refractivity contribution in [1.82, 2.24) is 8.80 Å². The highest BCUT2D eigenvalue weighted by Gasteiger charge is 2.26. The van der Waals surface area contributed by atoms with Crippen LogP contribution in [0.2, 0.25) is 0 Å². The molecule has 0 amide bonds. The highest BCUT2D eigenvalue weighted by Crippen LogP contribution is 2.52. The van der Waals surface area contributed by atoms with Crippen LogP contribution in [0.4, 0.5) is 0 Å². The van der Waals surface area contributed by atoms with Crippen molar-refractivity contribution in [3.8, 4) is 22.3 Å². The van der Waals surface area contributed by atoms with Crippen molar-refractivity contribution >= 4 is 159 Å². The number of thiophene rings is 2. The zero-order chi connectivity index (χ0) is 38.8. The Morgan fingerprint density at radius 1 is 0.283 bits per heavy atom. The number of hydrogen-bond donors (Lipinski definition) is 0. The molecule has 60 heavy (non-hydrogen) atoms. The van der Waals surface area contributed by atoms with E-state index in [2.05, 4.69) is 179 Å². The van der Waals surface area contributed by atoms with Crippen molar-refractivity contribution < 1.29 is 0 Å². The summed E-state index contributed by atoms with van der Waals surface area (Å²) in [6.07, 6.45) is 0. The molecule has 0 bridgehead atoms. The van der Waals surface area contributed by atoms with Crippen LogP contribution in [0.15, 0.2) is 170 Å². The first-order valence-electron chi connectivity index (χ1n) is 20.2. The zero-order valence-corrected chi connectivity index (χ0v) is 35.0. The molecule has 0 atom stereocenters. The van der Waals surface area contributed by atoms with Crippen molar-refractivity contribution in [3.05, 3.63) is 170 Å². The van der Waals surface area contributed by atoms with E-state index >= 15 is 0 Å². The lowest BCUT2D eigenvalue weighted by Gasteiger charge is -2.11. The molecule has 0 saturated heterocycles. The highest BCUT2D eigenvalue weighted by molar-refractivity contribution is 7.28. The fourth-order valence-corrected chi connectivity index (χ4v) is 15.3. The molecule has 15 rings (SSSR count). The van der Waals surface area contributed by atoms with Gasteiger partial charge in [-0.3, -0.25) is 0 Å². The van der Waals surface area contributed by atoms with Crippen LogP contribution in [0.25, 0.3) is 136 Å². The lowest BCUT2D eigenvalue weighted by molar-refractivity contribution is 1.35. The smallest absolute Gasteiger partial charge is 0.0736 e. The van der Waals surface area contributed by atoms with E-state index in [1.54, 1.807) is 0 Å². The molecule has 15 aromatic rings. The van der Waals surface area contributed by atoms with Gasteiger partial charge in [0.25, 0.3) is 0 Å². The molecule has 2 nitrogen and oxygen atoms in total. The molecule has 0 N–H and O–H groups in total. The summed E-state index contributed by atoms with van der Waals surface area (Å²) in [5.41, 5.74) is 12.8. The summed E-state index contributed by atoms with van der Waals surface area (Å²) in [7, 11) is 0. The Bertz CT molecular complexity index is 4090. The monoisotopic (exact) mass is 832 g/mol. The Morgan fingerprint density at radius 3 is 1.17 bits per heavy atom. The van der Waals surface area contributed by atoms with Gasteiger partial charge in [-0.1, -0.05) is 109 Å². The van der Waals surface area contributed by atoms with Crippen molar-refractivity contribution in [2.75, 3.05) is 0 Å². The maximum Gasteiger partial charge on any atom is 0.0736 e. The second-order valence-corrected chi connectivity index (χ2v) is 20.1. The Balaban J connectivity index is 1.12. The van der Waals surface area contributed by atoms with Gasteiger partial charge < -0.3 is 8.80 Å². The van der Waals surface area contributed by atoms with Crippen LogP contribution >= 0.6 is 45.3 Å². The first-order valence-corrected chi connectivity index (χ1v) is 23.5. The number of hydrogen-bond acceptors (Lipinski definition) is 4. The molecule has 0 saturated carbocycles. The minimum Gasteiger partial charge on any atom is -0.306 e. The van der Waals surface area contributed by atoms with E-state index in [9.17, 15) is 0 Å². The quantitative estimate of drug-likeness (QED) is 0.153. The second-order valence-electron chi connectivity index (χ2n) is 15.9. The lowest BCUT2D eigenvalue weighted by Crippen LogP contribution is -1.90. The third-order valence-corrected chi connectivity index (χ3v) is 17.7. The summed E-state index contributed by atoms with van der Waals surface area (Å²) in [4.78, 5) is 0. The number of nitrogens with zero attached hydrogens (tertiary/aromatic N) is 2. The predicted octanol–water partition coefficient (Wildman–Crippen LogP) is 17.3. The Morgan fingerprint density at radius 2 is 0.683 bits per heavy atom. The van der Waals surface area contributed by atoms with E-state index in [-0.39, 0.29) is 0 Å². The molecule has 0 spiro atoms. The molecule has 6 aromatic heterocycles. The van der Waals surface area contributed by atoms with Crippen LogP contribution in [0.5, 0.6) is 0 Å². The summed E-state index contributed by atoms with van der Waals surface area (Å²) in [5.74, 6) is 0. The third-order valence-electron chi connectivity index (χ3n) is 12.9. The van der Waals surface area contributed by atoms with Gasteiger partial charge in [-0.25, -0.2) is 0 Å². The van der Waals surface area contributed by atoms with Gasteiger partial charge in [-0.15, -0.1) is 45.3 Å². The summed E-state index contributed by atoms with van der Waals surface area (Å²) in [6, 6.07) is 63.8. The second kappa shape index (κ2) is 11.6. The molecular weight excluding hydrogens is 805 g/mol. The van der Waals surface area contributed by atoms with Gasteiger partial charge in [-0.2, -0.15) is 0 Å². The highest BCUT2D eigenvalue weighted by atomic mass is 32.1. The normalized spacial score (nSPS) is 12.7. The summed E-state index contributed by atoms with van der Waals surface area (Å²) in [5, 5.41) is 10.6. The maximum atomic E-state index is 2.58. The Labute approximate surface area is 357 Å². The first kappa shape index (κ1) is 32.3. The van der Waals surface area contributed by atoms with E-state index in [0.29, 0.717) is 0 Å². The zero-order valence-electron chi connectivity index (χ0n) is 31.7. The number of fused-ring (bicyclic) bond motifs is 18. The summed E-state index contributed by atoms with van der Waals surface area (Å²) in [6.45, 7) is 0. The minimum atomic E-state index is 1.25.